The first kappa shape index (κ1) is 13.8. The van der Waals surface area contributed by atoms with Gasteiger partial charge in [0.2, 0.25) is 0 Å². The summed E-state index contributed by atoms with van der Waals surface area (Å²) in [5.74, 6) is 0.861. The second-order valence-corrected chi connectivity index (χ2v) is 4.58. The third-order valence-corrected chi connectivity index (χ3v) is 2.40. The van der Waals surface area contributed by atoms with Crippen molar-refractivity contribution in [2.75, 3.05) is 0 Å². The van der Waals surface area contributed by atoms with E-state index >= 15 is 0 Å². The molecule has 0 aromatic heterocycles. The monoisotopic (exact) mass is 210 g/mol. The maximum absolute atomic E-state index is 11.9. The van der Waals surface area contributed by atoms with Gasteiger partial charge in [-0.2, -0.15) is 13.2 Å². The molecule has 0 radical (unpaired) electrons. The molecule has 0 saturated carbocycles. The molecule has 0 aliphatic rings. The third-order valence-electron chi connectivity index (χ3n) is 2.40. The molecule has 0 nitrogen and oxygen atoms in total. The van der Waals surface area contributed by atoms with Crippen LogP contribution in [0, 0.1) is 11.8 Å². The lowest BCUT2D eigenvalue weighted by atomic mass is 9.96. The Hall–Kier alpha value is -0.210. The lowest BCUT2D eigenvalue weighted by molar-refractivity contribution is -0.137. The van der Waals surface area contributed by atoms with Crippen molar-refractivity contribution in [1.29, 1.82) is 0 Å². The van der Waals surface area contributed by atoms with Crippen LogP contribution in [0.1, 0.15) is 52.9 Å². The molecule has 0 rings (SSSR count). The van der Waals surface area contributed by atoms with Crippen LogP contribution in [0.4, 0.5) is 13.2 Å². The SMILES string of the molecule is CC(C)CCCC(C)CCC(F)(F)F. The highest BCUT2D eigenvalue weighted by Gasteiger charge is 2.27. The Bertz CT molecular complexity index is 138. The van der Waals surface area contributed by atoms with E-state index in [0.29, 0.717) is 5.92 Å². The van der Waals surface area contributed by atoms with Crippen LogP contribution in [0.3, 0.4) is 0 Å². The average molecular weight is 210 g/mol. The lowest BCUT2D eigenvalue weighted by Crippen LogP contribution is -2.09. The average Bonchev–Trinajstić information content (AvgIpc) is 1.99. The summed E-state index contributed by atoms with van der Waals surface area (Å²) in [4.78, 5) is 0. The molecular weight excluding hydrogens is 189 g/mol. The van der Waals surface area contributed by atoms with Gasteiger partial charge in [-0.15, -0.1) is 0 Å². The Labute approximate surface area is 84.9 Å². The minimum Gasteiger partial charge on any atom is -0.171 e. The van der Waals surface area contributed by atoms with Crippen molar-refractivity contribution in [3.63, 3.8) is 0 Å². The summed E-state index contributed by atoms with van der Waals surface area (Å²) in [5.41, 5.74) is 0. The van der Waals surface area contributed by atoms with Crippen molar-refractivity contribution in [2.45, 2.75) is 59.1 Å². The lowest BCUT2D eigenvalue weighted by Gasteiger charge is -2.13. The molecule has 0 heterocycles. The van der Waals surface area contributed by atoms with Gasteiger partial charge < -0.3 is 0 Å². The van der Waals surface area contributed by atoms with Gasteiger partial charge in [0, 0.05) is 6.42 Å². The molecule has 0 aromatic rings. The van der Waals surface area contributed by atoms with Crippen molar-refractivity contribution < 1.29 is 13.2 Å². The fourth-order valence-corrected chi connectivity index (χ4v) is 1.43. The van der Waals surface area contributed by atoms with Gasteiger partial charge in [-0.25, -0.2) is 0 Å². The highest BCUT2D eigenvalue weighted by Crippen LogP contribution is 2.26. The molecule has 3 heteroatoms. The minimum absolute atomic E-state index is 0.204. The highest BCUT2D eigenvalue weighted by atomic mass is 19.4. The van der Waals surface area contributed by atoms with Gasteiger partial charge in [-0.05, 0) is 18.3 Å². The standard InChI is InChI=1S/C11H21F3/c1-9(2)5-4-6-10(3)7-8-11(12,13)14/h9-10H,4-8H2,1-3H3. The van der Waals surface area contributed by atoms with Gasteiger partial charge in [0.1, 0.15) is 0 Å². The molecule has 1 unspecified atom stereocenters. The molecule has 0 bridgehead atoms. The minimum atomic E-state index is -3.98. The van der Waals surface area contributed by atoms with Crippen LogP contribution in [0.5, 0.6) is 0 Å². The normalized spacial score (nSPS) is 14.8. The maximum atomic E-state index is 11.9. The van der Waals surface area contributed by atoms with E-state index in [1.54, 1.807) is 0 Å². The van der Waals surface area contributed by atoms with Crippen molar-refractivity contribution in [1.82, 2.24) is 0 Å². The molecule has 0 spiro atoms. The van der Waals surface area contributed by atoms with E-state index in [0.717, 1.165) is 19.3 Å². The van der Waals surface area contributed by atoms with Crippen LogP contribution < -0.4 is 0 Å². The van der Waals surface area contributed by atoms with Gasteiger partial charge in [0.05, 0.1) is 0 Å². The van der Waals surface area contributed by atoms with Crippen LogP contribution >= 0.6 is 0 Å². The van der Waals surface area contributed by atoms with Crippen molar-refractivity contribution in [3.8, 4) is 0 Å². The van der Waals surface area contributed by atoms with E-state index < -0.39 is 12.6 Å². The summed E-state index contributed by atoms with van der Waals surface area (Å²) in [6, 6.07) is 0. The zero-order chi connectivity index (χ0) is 11.2. The second kappa shape index (κ2) is 6.31. The Kier molecular flexibility index (Phi) is 6.21. The van der Waals surface area contributed by atoms with E-state index in [4.69, 9.17) is 0 Å². The summed E-state index contributed by atoms with van der Waals surface area (Å²) in [6.07, 6.45) is -1.23. The Morgan fingerprint density at radius 2 is 1.50 bits per heavy atom. The molecular formula is C11H21F3. The molecule has 0 aromatic carbocycles. The van der Waals surface area contributed by atoms with E-state index in [2.05, 4.69) is 13.8 Å². The van der Waals surface area contributed by atoms with Crippen molar-refractivity contribution >= 4 is 0 Å². The second-order valence-electron chi connectivity index (χ2n) is 4.58. The predicted octanol–water partition coefficient (Wildman–Crippen LogP) is 4.79. The van der Waals surface area contributed by atoms with E-state index in [-0.39, 0.29) is 12.3 Å². The first-order valence-corrected chi connectivity index (χ1v) is 5.38. The van der Waals surface area contributed by atoms with Gasteiger partial charge in [-0.1, -0.05) is 40.0 Å². The molecule has 0 aliphatic heterocycles. The van der Waals surface area contributed by atoms with Crippen LogP contribution in [-0.2, 0) is 0 Å². The fourth-order valence-electron chi connectivity index (χ4n) is 1.43. The largest absolute Gasteiger partial charge is 0.389 e. The Morgan fingerprint density at radius 3 is 1.93 bits per heavy atom. The van der Waals surface area contributed by atoms with Crippen LogP contribution in [0.15, 0.2) is 0 Å². The first-order chi connectivity index (χ1) is 6.31. The molecule has 0 amide bonds. The summed E-state index contributed by atoms with van der Waals surface area (Å²) in [6.45, 7) is 6.19. The number of halogens is 3. The van der Waals surface area contributed by atoms with Crippen LogP contribution in [-0.4, -0.2) is 6.18 Å². The van der Waals surface area contributed by atoms with Gasteiger partial charge in [0.15, 0.2) is 0 Å². The van der Waals surface area contributed by atoms with Crippen molar-refractivity contribution in [3.05, 3.63) is 0 Å². The zero-order valence-electron chi connectivity index (χ0n) is 9.32. The first-order valence-electron chi connectivity index (χ1n) is 5.38. The van der Waals surface area contributed by atoms with E-state index in [9.17, 15) is 13.2 Å². The smallest absolute Gasteiger partial charge is 0.171 e. The van der Waals surface area contributed by atoms with Gasteiger partial charge in [-0.3, -0.25) is 0 Å². The molecule has 1 atom stereocenters. The fraction of sp³-hybridized carbons (Fsp3) is 1.00. The maximum Gasteiger partial charge on any atom is 0.389 e. The number of alkyl halides is 3. The highest BCUT2D eigenvalue weighted by molar-refractivity contribution is 4.59. The molecule has 14 heavy (non-hydrogen) atoms. The zero-order valence-corrected chi connectivity index (χ0v) is 9.32. The Morgan fingerprint density at radius 1 is 0.929 bits per heavy atom. The summed E-state index contributed by atoms with van der Waals surface area (Å²) in [7, 11) is 0. The topological polar surface area (TPSA) is 0 Å². The molecule has 0 N–H and O–H groups in total. The summed E-state index contributed by atoms with van der Waals surface area (Å²) >= 11 is 0. The van der Waals surface area contributed by atoms with Crippen LogP contribution in [0.2, 0.25) is 0 Å². The summed E-state index contributed by atoms with van der Waals surface area (Å²) < 4.78 is 35.6. The Balaban J connectivity index is 3.42. The number of rotatable bonds is 6. The van der Waals surface area contributed by atoms with Crippen LogP contribution in [0.25, 0.3) is 0 Å². The molecule has 0 saturated heterocycles. The predicted molar refractivity (Wildman–Crippen MR) is 53.1 cm³/mol. The van der Waals surface area contributed by atoms with Crippen molar-refractivity contribution in [2.24, 2.45) is 11.8 Å². The molecule has 0 aliphatic carbocycles. The van der Waals surface area contributed by atoms with E-state index in [1.807, 2.05) is 6.92 Å². The van der Waals surface area contributed by atoms with Gasteiger partial charge >= 0.3 is 6.18 Å². The molecule has 86 valence electrons. The van der Waals surface area contributed by atoms with Gasteiger partial charge in [0.25, 0.3) is 0 Å². The quantitative estimate of drug-likeness (QED) is 0.591. The van der Waals surface area contributed by atoms with E-state index in [1.165, 1.54) is 0 Å². The molecule has 0 fully saturated rings. The summed E-state index contributed by atoms with van der Waals surface area (Å²) in [5, 5.41) is 0. The number of hydrogen-bond donors (Lipinski definition) is 0. The number of hydrogen-bond acceptors (Lipinski definition) is 0. The third kappa shape index (κ3) is 9.87.